The second kappa shape index (κ2) is 11.9. The van der Waals surface area contributed by atoms with Crippen LogP contribution < -0.4 is 0 Å². The third-order valence-corrected chi connectivity index (χ3v) is 7.56. The number of nitrogens with zero attached hydrogens (tertiary/aromatic N) is 2. The first-order valence-corrected chi connectivity index (χ1v) is 12.6. The minimum absolute atomic E-state index is 0.174. The first kappa shape index (κ1) is 23.4. The number of halogens is 2. The van der Waals surface area contributed by atoms with E-state index in [1.165, 1.54) is 82.4 Å². The van der Waals surface area contributed by atoms with E-state index in [0.29, 0.717) is 0 Å². The zero-order valence-corrected chi connectivity index (χ0v) is 19.3. The van der Waals surface area contributed by atoms with Crippen LogP contribution in [0.2, 0.25) is 0 Å². The van der Waals surface area contributed by atoms with Gasteiger partial charge in [0, 0.05) is 32.1 Å². The van der Waals surface area contributed by atoms with Gasteiger partial charge in [-0.15, -0.1) is 0 Å². The molecule has 2 aromatic rings. The highest BCUT2D eigenvalue weighted by Gasteiger charge is 2.20. The highest BCUT2D eigenvalue weighted by Crippen LogP contribution is 2.30. The van der Waals surface area contributed by atoms with Gasteiger partial charge in [0.1, 0.15) is 11.6 Å². The van der Waals surface area contributed by atoms with Gasteiger partial charge < -0.3 is 9.80 Å². The molecule has 2 nitrogen and oxygen atoms in total. The van der Waals surface area contributed by atoms with Gasteiger partial charge in [-0.2, -0.15) is 0 Å². The van der Waals surface area contributed by atoms with E-state index >= 15 is 0 Å². The Morgan fingerprint density at radius 2 is 1.19 bits per heavy atom. The Morgan fingerprint density at radius 1 is 0.688 bits per heavy atom. The molecule has 0 amide bonds. The minimum Gasteiger partial charge on any atom is -0.301 e. The molecule has 174 valence electrons. The molecule has 32 heavy (non-hydrogen) atoms. The Morgan fingerprint density at radius 3 is 1.72 bits per heavy atom. The Hall–Kier alpha value is -1.78. The van der Waals surface area contributed by atoms with Gasteiger partial charge in [-0.05, 0) is 73.7 Å². The zero-order valence-electron chi connectivity index (χ0n) is 19.3. The molecular formula is C28H38F2N2. The highest BCUT2D eigenvalue weighted by atomic mass is 19.1. The Labute approximate surface area is 192 Å². The van der Waals surface area contributed by atoms with Gasteiger partial charge in [0.05, 0.1) is 0 Å². The average molecular weight is 441 g/mol. The number of hydrogen-bond acceptors (Lipinski definition) is 2. The summed E-state index contributed by atoms with van der Waals surface area (Å²) >= 11 is 0. The van der Waals surface area contributed by atoms with Crippen molar-refractivity contribution < 1.29 is 8.78 Å². The molecule has 0 unspecified atom stereocenters. The summed E-state index contributed by atoms with van der Waals surface area (Å²) in [5.74, 6) is 0.713. The lowest BCUT2D eigenvalue weighted by Gasteiger charge is -2.36. The van der Waals surface area contributed by atoms with Crippen LogP contribution in [0.4, 0.5) is 8.78 Å². The summed E-state index contributed by atoms with van der Waals surface area (Å²) in [6, 6.07) is 13.6. The Balaban J connectivity index is 1.23. The zero-order chi connectivity index (χ0) is 22.2. The summed E-state index contributed by atoms with van der Waals surface area (Å²) in [5.41, 5.74) is 2.20. The SMILES string of the molecule is Fc1ccc(C(CCCN2CCN(CCC3CCCCC3)CC2)c2ccc(F)cc2)cc1. The van der Waals surface area contributed by atoms with Crippen molar-refractivity contribution in [3.63, 3.8) is 0 Å². The molecular weight excluding hydrogens is 402 g/mol. The molecule has 0 spiro atoms. The van der Waals surface area contributed by atoms with E-state index in [1.807, 2.05) is 24.3 Å². The van der Waals surface area contributed by atoms with Gasteiger partial charge >= 0.3 is 0 Å². The summed E-state index contributed by atoms with van der Waals surface area (Å²) in [5, 5.41) is 0. The van der Waals surface area contributed by atoms with Crippen LogP contribution in [-0.4, -0.2) is 49.1 Å². The largest absolute Gasteiger partial charge is 0.301 e. The molecule has 0 bridgehead atoms. The standard InChI is InChI=1S/C28H38F2N2/c29-26-12-8-24(9-13-26)28(25-10-14-27(30)15-11-25)7-4-17-31-19-21-32(22-20-31)18-16-23-5-2-1-3-6-23/h8-15,23,28H,1-7,16-22H2. The smallest absolute Gasteiger partial charge is 0.123 e. The molecule has 0 aromatic heterocycles. The van der Waals surface area contributed by atoms with Crippen molar-refractivity contribution in [3.8, 4) is 0 Å². The maximum atomic E-state index is 13.4. The maximum Gasteiger partial charge on any atom is 0.123 e. The fraction of sp³-hybridized carbons (Fsp3) is 0.571. The topological polar surface area (TPSA) is 6.48 Å². The van der Waals surface area contributed by atoms with Gasteiger partial charge in [0.2, 0.25) is 0 Å². The third-order valence-electron chi connectivity index (χ3n) is 7.56. The van der Waals surface area contributed by atoms with Crippen molar-refractivity contribution in [1.29, 1.82) is 0 Å². The summed E-state index contributed by atoms with van der Waals surface area (Å²) < 4.78 is 26.9. The van der Waals surface area contributed by atoms with E-state index in [1.54, 1.807) is 0 Å². The quantitative estimate of drug-likeness (QED) is 0.441. The molecule has 2 aliphatic rings. The molecule has 4 heteroatoms. The number of hydrogen-bond donors (Lipinski definition) is 0. The monoisotopic (exact) mass is 440 g/mol. The number of rotatable bonds is 9. The molecule has 1 saturated carbocycles. The van der Waals surface area contributed by atoms with E-state index in [-0.39, 0.29) is 17.6 Å². The predicted octanol–water partition coefficient (Wildman–Crippen LogP) is 6.46. The summed E-state index contributed by atoms with van der Waals surface area (Å²) in [7, 11) is 0. The van der Waals surface area contributed by atoms with Crippen molar-refractivity contribution in [2.45, 2.75) is 57.3 Å². The van der Waals surface area contributed by atoms with Crippen LogP contribution in [-0.2, 0) is 0 Å². The van der Waals surface area contributed by atoms with Crippen LogP contribution >= 0.6 is 0 Å². The van der Waals surface area contributed by atoms with Gasteiger partial charge in [0.15, 0.2) is 0 Å². The Bertz CT molecular complexity index is 746. The fourth-order valence-electron chi connectivity index (χ4n) is 5.51. The average Bonchev–Trinajstić information content (AvgIpc) is 2.83. The lowest BCUT2D eigenvalue weighted by atomic mass is 9.87. The van der Waals surface area contributed by atoms with Gasteiger partial charge in [0.25, 0.3) is 0 Å². The summed E-state index contributed by atoms with van der Waals surface area (Å²) in [6.07, 6.45) is 10.7. The van der Waals surface area contributed by atoms with Crippen molar-refractivity contribution >= 4 is 0 Å². The maximum absolute atomic E-state index is 13.4. The Kier molecular flexibility index (Phi) is 8.69. The molecule has 2 fully saturated rings. The lowest BCUT2D eigenvalue weighted by Crippen LogP contribution is -2.47. The van der Waals surface area contributed by atoms with E-state index in [4.69, 9.17) is 0 Å². The van der Waals surface area contributed by atoms with Crippen molar-refractivity contribution in [1.82, 2.24) is 9.80 Å². The molecule has 0 N–H and O–H groups in total. The molecule has 1 aliphatic carbocycles. The molecule has 1 heterocycles. The summed E-state index contributed by atoms with van der Waals surface area (Å²) in [4.78, 5) is 5.24. The molecule has 0 radical (unpaired) electrons. The third kappa shape index (κ3) is 6.86. The number of benzene rings is 2. The van der Waals surface area contributed by atoms with Crippen LogP contribution in [0.15, 0.2) is 48.5 Å². The van der Waals surface area contributed by atoms with Crippen LogP contribution in [0.3, 0.4) is 0 Å². The predicted molar refractivity (Wildman–Crippen MR) is 128 cm³/mol. The van der Waals surface area contributed by atoms with Crippen molar-refractivity contribution in [3.05, 3.63) is 71.3 Å². The van der Waals surface area contributed by atoms with E-state index in [2.05, 4.69) is 9.80 Å². The van der Waals surface area contributed by atoms with Crippen LogP contribution in [0.25, 0.3) is 0 Å². The van der Waals surface area contributed by atoms with E-state index in [9.17, 15) is 8.78 Å². The van der Waals surface area contributed by atoms with Gasteiger partial charge in [-0.3, -0.25) is 0 Å². The lowest BCUT2D eigenvalue weighted by molar-refractivity contribution is 0.122. The second-order valence-corrected chi connectivity index (χ2v) is 9.77. The molecule has 1 saturated heterocycles. The van der Waals surface area contributed by atoms with Crippen molar-refractivity contribution in [2.75, 3.05) is 39.3 Å². The minimum atomic E-state index is -0.215. The van der Waals surface area contributed by atoms with Crippen LogP contribution in [0.5, 0.6) is 0 Å². The fourth-order valence-corrected chi connectivity index (χ4v) is 5.51. The summed E-state index contributed by atoms with van der Waals surface area (Å²) in [6.45, 7) is 7.05. The van der Waals surface area contributed by atoms with Crippen molar-refractivity contribution in [2.24, 2.45) is 5.92 Å². The highest BCUT2D eigenvalue weighted by molar-refractivity contribution is 5.32. The molecule has 0 atom stereocenters. The molecule has 1 aliphatic heterocycles. The van der Waals surface area contributed by atoms with Gasteiger partial charge in [-0.25, -0.2) is 8.78 Å². The molecule has 2 aromatic carbocycles. The normalized spacial score (nSPS) is 19.0. The number of piperazine rings is 1. The first-order chi connectivity index (χ1) is 15.7. The molecule has 4 rings (SSSR count). The van der Waals surface area contributed by atoms with Crippen LogP contribution in [0.1, 0.15) is 68.4 Å². The van der Waals surface area contributed by atoms with E-state index in [0.717, 1.165) is 49.5 Å². The van der Waals surface area contributed by atoms with E-state index < -0.39 is 0 Å². The first-order valence-electron chi connectivity index (χ1n) is 12.6. The second-order valence-electron chi connectivity index (χ2n) is 9.77. The van der Waals surface area contributed by atoms with Gasteiger partial charge in [-0.1, -0.05) is 56.4 Å². The van der Waals surface area contributed by atoms with Crippen LogP contribution in [0, 0.1) is 17.6 Å².